The van der Waals surface area contributed by atoms with Crippen molar-refractivity contribution in [1.29, 1.82) is 0 Å². The zero-order chi connectivity index (χ0) is 9.57. The van der Waals surface area contributed by atoms with Crippen LogP contribution in [0.1, 0.15) is 47.5 Å². The first-order valence-corrected chi connectivity index (χ1v) is 4.75. The summed E-state index contributed by atoms with van der Waals surface area (Å²) in [6, 6.07) is 0. The van der Waals surface area contributed by atoms with Crippen molar-refractivity contribution in [2.75, 3.05) is 0 Å². The molecule has 1 saturated carbocycles. The molecule has 0 saturated heterocycles. The highest BCUT2D eigenvalue weighted by molar-refractivity contribution is 5.84. The maximum absolute atomic E-state index is 11.6. The van der Waals surface area contributed by atoms with Crippen molar-refractivity contribution in [2.45, 2.75) is 47.5 Å². The van der Waals surface area contributed by atoms with Gasteiger partial charge in [-0.1, -0.05) is 34.6 Å². The normalized spacial score (nSPS) is 29.4. The summed E-state index contributed by atoms with van der Waals surface area (Å²) in [7, 11) is 0. The molecule has 1 nitrogen and oxygen atoms in total. The molecule has 0 spiro atoms. The summed E-state index contributed by atoms with van der Waals surface area (Å²) >= 11 is 0. The standard InChI is InChI=1S/C11H20O/c1-10(2,3)8-6-11(4,5)7-9(8)12/h8H,6-7H2,1-5H3. The lowest BCUT2D eigenvalue weighted by Crippen LogP contribution is -2.24. The molecule has 0 aromatic heterocycles. The molecule has 70 valence electrons. The molecule has 0 aromatic rings. The summed E-state index contributed by atoms with van der Waals surface area (Å²) in [6.45, 7) is 10.9. The van der Waals surface area contributed by atoms with Gasteiger partial charge in [0.25, 0.3) is 0 Å². The quantitative estimate of drug-likeness (QED) is 0.543. The van der Waals surface area contributed by atoms with Crippen LogP contribution in [0.15, 0.2) is 0 Å². The Bertz CT molecular complexity index is 196. The van der Waals surface area contributed by atoms with Gasteiger partial charge in [0, 0.05) is 12.3 Å². The highest BCUT2D eigenvalue weighted by Crippen LogP contribution is 2.45. The van der Waals surface area contributed by atoms with Crippen LogP contribution < -0.4 is 0 Å². The van der Waals surface area contributed by atoms with Crippen LogP contribution in [0.2, 0.25) is 0 Å². The van der Waals surface area contributed by atoms with Crippen molar-refractivity contribution in [3.63, 3.8) is 0 Å². The van der Waals surface area contributed by atoms with Crippen LogP contribution in [0.5, 0.6) is 0 Å². The van der Waals surface area contributed by atoms with E-state index in [0.717, 1.165) is 12.8 Å². The maximum atomic E-state index is 11.6. The van der Waals surface area contributed by atoms with E-state index in [-0.39, 0.29) is 16.7 Å². The largest absolute Gasteiger partial charge is 0.299 e. The van der Waals surface area contributed by atoms with E-state index in [1.54, 1.807) is 0 Å². The monoisotopic (exact) mass is 168 g/mol. The van der Waals surface area contributed by atoms with Crippen LogP contribution in [-0.2, 0) is 4.79 Å². The molecule has 0 heterocycles. The fourth-order valence-corrected chi connectivity index (χ4v) is 2.12. The van der Waals surface area contributed by atoms with E-state index in [4.69, 9.17) is 0 Å². The molecule has 0 aromatic carbocycles. The molecule has 0 bridgehead atoms. The zero-order valence-electron chi connectivity index (χ0n) is 8.90. The van der Waals surface area contributed by atoms with Crippen LogP contribution in [0.3, 0.4) is 0 Å². The van der Waals surface area contributed by atoms with E-state index in [0.29, 0.717) is 5.78 Å². The van der Waals surface area contributed by atoms with Gasteiger partial charge in [0.15, 0.2) is 0 Å². The molecular weight excluding hydrogens is 148 g/mol. The fraction of sp³-hybridized carbons (Fsp3) is 0.909. The van der Waals surface area contributed by atoms with Crippen LogP contribution in [0, 0.1) is 16.7 Å². The summed E-state index contributed by atoms with van der Waals surface area (Å²) in [5.74, 6) is 0.750. The fourth-order valence-electron chi connectivity index (χ4n) is 2.12. The lowest BCUT2D eigenvalue weighted by atomic mass is 9.77. The summed E-state index contributed by atoms with van der Waals surface area (Å²) in [5.41, 5.74) is 0.403. The van der Waals surface area contributed by atoms with Crippen molar-refractivity contribution >= 4 is 5.78 Å². The minimum Gasteiger partial charge on any atom is -0.299 e. The van der Waals surface area contributed by atoms with E-state index < -0.39 is 0 Å². The van der Waals surface area contributed by atoms with Gasteiger partial charge in [-0.05, 0) is 17.3 Å². The Hall–Kier alpha value is -0.330. The number of Topliss-reactive ketones (excluding diaryl/α,β-unsaturated/α-hetero) is 1. The third-order valence-electron chi connectivity index (χ3n) is 2.84. The molecule has 0 aliphatic heterocycles. The highest BCUT2D eigenvalue weighted by atomic mass is 16.1. The molecule has 0 radical (unpaired) electrons. The molecule has 1 aliphatic carbocycles. The second-order valence-corrected chi connectivity index (χ2v) is 5.93. The molecule has 1 heteroatoms. The average molecular weight is 168 g/mol. The molecular formula is C11H20O. The molecule has 1 rings (SSSR count). The Morgan fingerprint density at radius 3 is 2.00 bits per heavy atom. The van der Waals surface area contributed by atoms with Crippen LogP contribution in [0.4, 0.5) is 0 Å². The van der Waals surface area contributed by atoms with Crippen molar-refractivity contribution < 1.29 is 4.79 Å². The SMILES string of the molecule is CC1(C)CC(=O)C(C(C)(C)C)C1. The molecule has 12 heavy (non-hydrogen) atoms. The smallest absolute Gasteiger partial charge is 0.137 e. The Morgan fingerprint density at radius 1 is 1.33 bits per heavy atom. The van der Waals surface area contributed by atoms with Gasteiger partial charge in [-0.2, -0.15) is 0 Å². The minimum atomic E-state index is 0.158. The number of rotatable bonds is 0. The summed E-state index contributed by atoms with van der Waals surface area (Å²) in [5, 5.41) is 0. The van der Waals surface area contributed by atoms with Crippen molar-refractivity contribution in [2.24, 2.45) is 16.7 Å². The predicted molar refractivity (Wildman–Crippen MR) is 51.0 cm³/mol. The Kier molecular flexibility index (Phi) is 2.10. The summed E-state index contributed by atoms with van der Waals surface area (Å²) in [6.07, 6.45) is 1.84. The van der Waals surface area contributed by atoms with E-state index in [1.165, 1.54) is 0 Å². The summed E-state index contributed by atoms with van der Waals surface area (Å²) in [4.78, 5) is 11.6. The molecule has 1 fully saturated rings. The first-order valence-electron chi connectivity index (χ1n) is 4.75. The van der Waals surface area contributed by atoms with Crippen molar-refractivity contribution in [1.82, 2.24) is 0 Å². The average Bonchev–Trinajstić information content (AvgIpc) is 2.03. The number of ketones is 1. The number of hydrogen-bond acceptors (Lipinski definition) is 1. The summed E-state index contributed by atoms with van der Waals surface area (Å²) < 4.78 is 0. The third-order valence-corrected chi connectivity index (χ3v) is 2.84. The van der Waals surface area contributed by atoms with Gasteiger partial charge in [-0.25, -0.2) is 0 Å². The topological polar surface area (TPSA) is 17.1 Å². The molecule has 0 amide bonds. The van der Waals surface area contributed by atoms with Gasteiger partial charge < -0.3 is 0 Å². The second kappa shape index (κ2) is 2.58. The second-order valence-electron chi connectivity index (χ2n) is 5.93. The first-order chi connectivity index (χ1) is 5.22. The first kappa shape index (κ1) is 9.76. The van der Waals surface area contributed by atoms with Gasteiger partial charge in [0.05, 0.1) is 0 Å². The highest BCUT2D eigenvalue weighted by Gasteiger charge is 2.43. The third kappa shape index (κ3) is 1.88. The van der Waals surface area contributed by atoms with Gasteiger partial charge >= 0.3 is 0 Å². The van der Waals surface area contributed by atoms with Gasteiger partial charge in [0.2, 0.25) is 0 Å². The van der Waals surface area contributed by atoms with E-state index >= 15 is 0 Å². The number of carbonyl (C=O) groups is 1. The zero-order valence-corrected chi connectivity index (χ0v) is 8.90. The van der Waals surface area contributed by atoms with E-state index in [1.807, 2.05) is 0 Å². The van der Waals surface area contributed by atoms with E-state index in [9.17, 15) is 4.79 Å². The van der Waals surface area contributed by atoms with E-state index in [2.05, 4.69) is 34.6 Å². The van der Waals surface area contributed by atoms with Gasteiger partial charge in [-0.15, -0.1) is 0 Å². The molecule has 1 atom stereocenters. The lowest BCUT2D eigenvalue weighted by Gasteiger charge is -2.26. The minimum absolute atomic E-state index is 0.158. The number of hydrogen-bond donors (Lipinski definition) is 0. The van der Waals surface area contributed by atoms with Crippen molar-refractivity contribution in [3.8, 4) is 0 Å². The van der Waals surface area contributed by atoms with Crippen LogP contribution >= 0.6 is 0 Å². The van der Waals surface area contributed by atoms with Crippen LogP contribution in [0.25, 0.3) is 0 Å². The molecule has 1 aliphatic rings. The Morgan fingerprint density at radius 2 is 1.83 bits per heavy atom. The molecule has 0 N–H and O–H groups in total. The van der Waals surface area contributed by atoms with Crippen molar-refractivity contribution in [3.05, 3.63) is 0 Å². The maximum Gasteiger partial charge on any atom is 0.137 e. The molecule has 1 unspecified atom stereocenters. The van der Waals surface area contributed by atoms with Crippen LogP contribution in [-0.4, -0.2) is 5.78 Å². The Balaban J connectivity index is 2.78. The number of carbonyl (C=O) groups excluding carboxylic acids is 1. The lowest BCUT2D eigenvalue weighted by molar-refractivity contribution is -0.123. The van der Waals surface area contributed by atoms with Gasteiger partial charge in [0.1, 0.15) is 5.78 Å². The Labute approximate surface area is 75.5 Å². The van der Waals surface area contributed by atoms with Gasteiger partial charge in [-0.3, -0.25) is 4.79 Å². The predicted octanol–water partition coefficient (Wildman–Crippen LogP) is 3.04.